The summed E-state index contributed by atoms with van der Waals surface area (Å²) in [5.74, 6) is 0.241. The Kier molecular flexibility index (Phi) is 8.00. The van der Waals surface area contributed by atoms with Gasteiger partial charge in [-0.2, -0.15) is 0 Å². The van der Waals surface area contributed by atoms with Crippen molar-refractivity contribution in [2.75, 3.05) is 19.3 Å². The average molecular weight is 236 g/mol. The monoisotopic (exact) mass is 236 g/mol. The van der Waals surface area contributed by atoms with Crippen LogP contribution in [0, 0.1) is 0 Å². The van der Waals surface area contributed by atoms with Gasteiger partial charge in [0.15, 0.2) is 0 Å². The summed E-state index contributed by atoms with van der Waals surface area (Å²) in [7, 11) is -1.19. The van der Waals surface area contributed by atoms with E-state index in [1.165, 1.54) is 0 Å². The van der Waals surface area contributed by atoms with Crippen LogP contribution in [0.4, 0.5) is 0 Å². The van der Waals surface area contributed by atoms with Crippen molar-refractivity contribution in [2.24, 2.45) is 0 Å². The minimum Gasteiger partial charge on any atom is -0.320 e. The van der Waals surface area contributed by atoms with E-state index in [9.17, 15) is 8.42 Å². The first-order valence-corrected chi connectivity index (χ1v) is 7.35. The van der Waals surface area contributed by atoms with Crippen LogP contribution in [0.25, 0.3) is 0 Å². The molecule has 0 saturated heterocycles. The predicted octanol–water partition coefficient (Wildman–Crippen LogP) is 1.09. The maximum Gasteiger partial charge on any atom is 0.211 e. The minimum absolute atomic E-state index is 0.0966. The lowest BCUT2D eigenvalue weighted by molar-refractivity contribution is 0.527. The minimum atomic E-state index is -3.06. The van der Waals surface area contributed by atoms with Gasteiger partial charge >= 0.3 is 0 Å². The molecule has 92 valence electrons. The van der Waals surface area contributed by atoms with E-state index in [-0.39, 0.29) is 11.8 Å². The molecular formula is C10H24N2O2S. The summed E-state index contributed by atoms with van der Waals surface area (Å²) in [5, 5.41) is 3.00. The highest BCUT2D eigenvalue weighted by molar-refractivity contribution is 7.89. The summed E-state index contributed by atoms with van der Waals surface area (Å²) in [6.07, 6.45) is 3.33. The van der Waals surface area contributed by atoms with E-state index >= 15 is 0 Å². The molecule has 0 aliphatic carbocycles. The van der Waals surface area contributed by atoms with E-state index in [2.05, 4.69) is 10.0 Å². The summed E-state index contributed by atoms with van der Waals surface area (Å²) >= 11 is 0. The fourth-order valence-electron chi connectivity index (χ4n) is 1.36. The van der Waals surface area contributed by atoms with Crippen LogP contribution in [0.5, 0.6) is 0 Å². The zero-order chi connectivity index (χ0) is 11.7. The molecule has 0 unspecified atom stereocenters. The largest absolute Gasteiger partial charge is 0.320 e. The predicted molar refractivity (Wildman–Crippen MR) is 64.5 cm³/mol. The average Bonchev–Trinajstić information content (AvgIpc) is 2.21. The van der Waals surface area contributed by atoms with Gasteiger partial charge in [0.2, 0.25) is 10.0 Å². The molecule has 4 nitrogen and oxygen atoms in total. The zero-order valence-corrected chi connectivity index (χ0v) is 10.9. The van der Waals surface area contributed by atoms with Crippen LogP contribution in [0.15, 0.2) is 0 Å². The summed E-state index contributed by atoms with van der Waals surface area (Å²) in [4.78, 5) is 0. The summed E-state index contributed by atoms with van der Waals surface area (Å²) in [6.45, 7) is 4.87. The lowest BCUT2D eigenvalue weighted by Crippen LogP contribution is -2.35. The SMILES string of the molecule is CCC(CC)NS(=O)(=O)CCCCNC. The highest BCUT2D eigenvalue weighted by Gasteiger charge is 2.14. The molecule has 15 heavy (non-hydrogen) atoms. The van der Waals surface area contributed by atoms with E-state index in [0.717, 1.165) is 32.2 Å². The van der Waals surface area contributed by atoms with E-state index in [4.69, 9.17) is 0 Å². The van der Waals surface area contributed by atoms with Crippen molar-refractivity contribution in [3.8, 4) is 0 Å². The van der Waals surface area contributed by atoms with Crippen LogP contribution < -0.4 is 10.0 Å². The fraction of sp³-hybridized carbons (Fsp3) is 1.00. The Balaban J connectivity index is 3.86. The molecule has 0 fully saturated rings. The molecule has 2 N–H and O–H groups in total. The van der Waals surface area contributed by atoms with E-state index in [0.29, 0.717) is 0 Å². The molecule has 0 aliphatic rings. The van der Waals surface area contributed by atoms with Crippen LogP contribution in [0.1, 0.15) is 39.5 Å². The van der Waals surface area contributed by atoms with Gasteiger partial charge in [-0.05, 0) is 39.3 Å². The lowest BCUT2D eigenvalue weighted by atomic mass is 10.2. The maximum atomic E-state index is 11.6. The number of sulfonamides is 1. The van der Waals surface area contributed by atoms with Crippen molar-refractivity contribution >= 4 is 10.0 Å². The first kappa shape index (κ1) is 14.9. The summed E-state index contributed by atoms with van der Waals surface area (Å²) < 4.78 is 25.9. The molecular weight excluding hydrogens is 212 g/mol. The van der Waals surface area contributed by atoms with Crippen LogP contribution in [-0.4, -0.2) is 33.8 Å². The third-order valence-corrected chi connectivity index (χ3v) is 3.94. The van der Waals surface area contributed by atoms with Crippen molar-refractivity contribution in [2.45, 2.75) is 45.6 Å². The normalized spacial score (nSPS) is 12.3. The Morgan fingerprint density at radius 3 is 2.20 bits per heavy atom. The van der Waals surface area contributed by atoms with Crippen LogP contribution >= 0.6 is 0 Å². The first-order valence-electron chi connectivity index (χ1n) is 5.70. The van der Waals surface area contributed by atoms with Gasteiger partial charge in [-0.15, -0.1) is 0 Å². The number of rotatable bonds is 9. The van der Waals surface area contributed by atoms with Crippen LogP contribution in [-0.2, 0) is 10.0 Å². The third-order valence-electron chi connectivity index (χ3n) is 2.42. The zero-order valence-electron chi connectivity index (χ0n) is 10.0. The molecule has 0 aromatic carbocycles. The van der Waals surface area contributed by atoms with E-state index in [1.807, 2.05) is 20.9 Å². The fourth-order valence-corrected chi connectivity index (χ4v) is 2.91. The summed E-state index contributed by atoms with van der Waals surface area (Å²) in [5.41, 5.74) is 0. The van der Waals surface area contributed by atoms with Gasteiger partial charge in [-0.25, -0.2) is 13.1 Å². The number of unbranched alkanes of at least 4 members (excludes halogenated alkanes) is 1. The van der Waals surface area contributed by atoms with Gasteiger partial charge in [0.1, 0.15) is 0 Å². The van der Waals surface area contributed by atoms with Gasteiger partial charge in [0.05, 0.1) is 5.75 Å². The van der Waals surface area contributed by atoms with Gasteiger partial charge in [-0.3, -0.25) is 0 Å². The molecule has 0 rings (SSSR count). The standard InChI is InChI=1S/C10H24N2O2S/c1-4-10(5-2)12-15(13,14)9-7-6-8-11-3/h10-12H,4-9H2,1-3H3. The highest BCUT2D eigenvalue weighted by Crippen LogP contribution is 2.01. The molecule has 0 bridgehead atoms. The Bertz CT molecular complexity index is 236. The molecule has 5 heteroatoms. The quantitative estimate of drug-likeness (QED) is 0.589. The van der Waals surface area contributed by atoms with E-state index < -0.39 is 10.0 Å². The Hall–Kier alpha value is -0.130. The van der Waals surface area contributed by atoms with Crippen molar-refractivity contribution < 1.29 is 8.42 Å². The Labute approximate surface area is 93.9 Å². The van der Waals surface area contributed by atoms with Crippen LogP contribution in [0.3, 0.4) is 0 Å². The van der Waals surface area contributed by atoms with Crippen molar-refractivity contribution in [1.29, 1.82) is 0 Å². The molecule has 0 aliphatic heterocycles. The molecule has 0 aromatic heterocycles. The van der Waals surface area contributed by atoms with E-state index in [1.54, 1.807) is 0 Å². The van der Waals surface area contributed by atoms with Gasteiger partial charge in [0.25, 0.3) is 0 Å². The molecule has 0 saturated carbocycles. The molecule has 0 radical (unpaired) electrons. The van der Waals surface area contributed by atoms with Crippen molar-refractivity contribution in [3.63, 3.8) is 0 Å². The maximum absolute atomic E-state index is 11.6. The van der Waals surface area contributed by atoms with Crippen LogP contribution in [0.2, 0.25) is 0 Å². The molecule has 0 amide bonds. The van der Waals surface area contributed by atoms with Gasteiger partial charge < -0.3 is 5.32 Å². The highest BCUT2D eigenvalue weighted by atomic mass is 32.2. The Morgan fingerprint density at radius 2 is 1.73 bits per heavy atom. The number of hydrogen-bond acceptors (Lipinski definition) is 3. The molecule has 0 spiro atoms. The smallest absolute Gasteiger partial charge is 0.211 e. The number of nitrogens with one attached hydrogen (secondary N) is 2. The van der Waals surface area contributed by atoms with Gasteiger partial charge in [0, 0.05) is 6.04 Å². The second-order valence-corrected chi connectivity index (χ2v) is 5.63. The third kappa shape index (κ3) is 7.76. The molecule has 0 atom stereocenters. The number of hydrogen-bond donors (Lipinski definition) is 2. The lowest BCUT2D eigenvalue weighted by Gasteiger charge is -2.14. The summed E-state index contributed by atoms with van der Waals surface area (Å²) in [6, 6.07) is 0.0966. The topological polar surface area (TPSA) is 58.2 Å². The second kappa shape index (κ2) is 8.07. The first-order chi connectivity index (χ1) is 7.05. The van der Waals surface area contributed by atoms with Crippen molar-refractivity contribution in [3.05, 3.63) is 0 Å². The van der Waals surface area contributed by atoms with Gasteiger partial charge in [-0.1, -0.05) is 13.8 Å². The molecule has 0 heterocycles. The second-order valence-electron chi connectivity index (χ2n) is 3.76. The molecule has 0 aromatic rings. The van der Waals surface area contributed by atoms with Crippen molar-refractivity contribution in [1.82, 2.24) is 10.0 Å². The Morgan fingerprint density at radius 1 is 1.13 bits per heavy atom.